The lowest BCUT2D eigenvalue weighted by atomic mass is 10.1. The highest BCUT2D eigenvalue weighted by Gasteiger charge is 2.08. The van der Waals surface area contributed by atoms with Crippen LogP contribution in [-0.4, -0.2) is 18.7 Å². The molecule has 0 radical (unpaired) electrons. The third kappa shape index (κ3) is 3.71. The van der Waals surface area contributed by atoms with Crippen molar-refractivity contribution < 1.29 is 9.47 Å². The van der Waals surface area contributed by atoms with Gasteiger partial charge in [-0.2, -0.15) is 0 Å². The minimum Gasteiger partial charge on any atom is -0.493 e. The summed E-state index contributed by atoms with van der Waals surface area (Å²) in [5, 5.41) is 0. The molecule has 2 rings (SSSR count). The summed E-state index contributed by atoms with van der Waals surface area (Å²) in [4.78, 5) is 3.99. The Morgan fingerprint density at radius 1 is 1.15 bits per heavy atom. The molecule has 1 aromatic heterocycles. The molecule has 1 aromatic carbocycles. The van der Waals surface area contributed by atoms with Crippen LogP contribution in [0.1, 0.15) is 24.1 Å². The maximum atomic E-state index is 5.86. The molecule has 0 fully saturated rings. The minimum atomic E-state index is -0.0187. The first-order valence-corrected chi connectivity index (χ1v) is 6.66. The molecule has 0 bridgehead atoms. The summed E-state index contributed by atoms with van der Waals surface area (Å²) in [7, 11) is 1.63. The van der Waals surface area contributed by atoms with Gasteiger partial charge in [0, 0.05) is 24.9 Å². The van der Waals surface area contributed by atoms with Gasteiger partial charge in [0.25, 0.3) is 0 Å². The lowest BCUT2D eigenvalue weighted by Gasteiger charge is -2.13. The summed E-state index contributed by atoms with van der Waals surface area (Å²) in [6.45, 7) is 2.54. The number of pyridine rings is 1. The van der Waals surface area contributed by atoms with Crippen molar-refractivity contribution in [3.05, 3.63) is 53.9 Å². The molecule has 106 valence electrons. The van der Waals surface area contributed by atoms with Gasteiger partial charge in [0.1, 0.15) is 0 Å². The Kier molecular flexibility index (Phi) is 4.96. The Morgan fingerprint density at radius 3 is 2.55 bits per heavy atom. The number of hydrogen-bond acceptors (Lipinski definition) is 4. The highest BCUT2D eigenvalue weighted by Crippen LogP contribution is 2.29. The summed E-state index contributed by atoms with van der Waals surface area (Å²) in [6.07, 6.45) is 4.40. The molecule has 0 saturated heterocycles. The molecular weight excluding hydrogens is 252 g/mol. The molecule has 0 spiro atoms. The van der Waals surface area contributed by atoms with Crippen LogP contribution in [0.15, 0.2) is 42.7 Å². The fourth-order valence-electron chi connectivity index (χ4n) is 1.91. The van der Waals surface area contributed by atoms with E-state index in [4.69, 9.17) is 15.2 Å². The normalized spacial score (nSPS) is 11.9. The van der Waals surface area contributed by atoms with Crippen molar-refractivity contribution in [2.45, 2.75) is 19.4 Å². The lowest BCUT2D eigenvalue weighted by Crippen LogP contribution is -2.06. The molecule has 2 aromatic rings. The molecule has 0 aliphatic rings. The summed E-state index contributed by atoms with van der Waals surface area (Å²) >= 11 is 0. The zero-order valence-corrected chi connectivity index (χ0v) is 11.9. The number of aromatic nitrogens is 1. The van der Waals surface area contributed by atoms with Crippen LogP contribution >= 0.6 is 0 Å². The Hall–Kier alpha value is -2.07. The fourth-order valence-corrected chi connectivity index (χ4v) is 1.91. The van der Waals surface area contributed by atoms with Gasteiger partial charge < -0.3 is 15.2 Å². The molecule has 0 unspecified atom stereocenters. The SMILES string of the molecule is COc1cc([C@@H](C)N)ccc1OCCc1ccncc1. The van der Waals surface area contributed by atoms with Crippen LogP contribution in [0.5, 0.6) is 11.5 Å². The fraction of sp³-hybridized carbons (Fsp3) is 0.312. The number of nitrogens with zero attached hydrogens (tertiary/aromatic N) is 1. The van der Waals surface area contributed by atoms with Gasteiger partial charge in [-0.1, -0.05) is 6.07 Å². The first-order chi connectivity index (χ1) is 9.70. The Balaban J connectivity index is 1.99. The number of methoxy groups -OCH3 is 1. The van der Waals surface area contributed by atoms with E-state index >= 15 is 0 Å². The van der Waals surface area contributed by atoms with Gasteiger partial charge in [0.2, 0.25) is 0 Å². The summed E-state index contributed by atoms with van der Waals surface area (Å²) < 4.78 is 11.1. The largest absolute Gasteiger partial charge is 0.493 e. The van der Waals surface area contributed by atoms with Crippen molar-refractivity contribution in [2.24, 2.45) is 5.73 Å². The summed E-state index contributed by atoms with van der Waals surface area (Å²) in [5.74, 6) is 1.46. The zero-order valence-electron chi connectivity index (χ0n) is 11.9. The Morgan fingerprint density at radius 2 is 1.90 bits per heavy atom. The van der Waals surface area contributed by atoms with E-state index in [9.17, 15) is 0 Å². The molecule has 20 heavy (non-hydrogen) atoms. The van der Waals surface area contributed by atoms with E-state index in [1.807, 2.05) is 37.3 Å². The second kappa shape index (κ2) is 6.91. The van der Waals surface area contributed by atoms with Crippen molar-refractivity contribution in [1.29, 1.82) is 0 Å². The quantitative estimate of drug-likeness (QED) is 0.878. The molecule has 1 heterocycles. The van der Waals surface area contributed by atoms with Gasteiger partial charge >= 0.3 is 0 Å². The molecule has 4 heteroatoms. The van der Waals surface area contributed by atoms with Crippen LogP contribution in [0, 0.1) is 0 Å². The van der Waals surface area contributed by atoms with Crippen LogP contribution < -0.4 is 15.2 Å². The lowest BCUT2D eigenvalue weighted by molar-refractivity contribution is 0.297. The third-order valence-corrected chi connectivity index (χ3v) is 3.11. The second-order valence-corrected chi connectivity index (χ2v) is 4.65. The highest BCUT2D eigenvalue weighted by atomic mass is 16.5. The average molecular weight is 272 g/mol. The van der Waals surface area contributed by atoms with Crippen molar-refractivity contribution in [2.75, 3.05) is 13.7 Å². The van der Waals surface area contributed by atoms with E-state index in [1.165, 1.54) is 5.56 Å². The van der Waals surface area contributed by atoms with Gasteiger partial charge in [-0.05, 0) is 42.3 Å². The van der Waals surface area contributed by atoms with E-state index in [-0.39, 0.29) is 6.04 Å². The molecular formula is C16H20N2O2. The smallest absolute Gasteiger partial charge is 0.161 e. The summed E-state index contributed by atoms with van der Waals surface area (Å²) in [6, 6.07) is 9.75. The van der Waals surface area contributed by atoms with Crippen molar-refractivity contribution in [3.63, 3.8) is 0 Å². The van der Waals surface area contributed by atoms with Crippen molar-refractivity contribution >= 4 is 0 Å². The topological polar surface area (TPSA) is 57.4 Å². The van der Waals surface area contributed by atoms with E-state index in [1.54, 1.807) is 19.5 Å². The second-order valence-electron chi connectivity index (χ2n) is 4.65. The minimum absolute atomic E-state index is 0.0187. The van der Waals surface area contributed by atoms with Crippen molar-refractivity contribution in [1.82, 2.24) is 4.98 Å². The van der Waals surface area contributed by atoms with Gasteiger partial charge in [-0.3, -0.25) is 4.98 Å². The molecule has 0 aliphatic carbocycles. The third-order valence-electron chi connectivity index (χ3n) is 3.11. The first-order valence-electron chi connectivity index (χ1n) is 6.66. The Labute approximate surface area is 119 Å². The molecule has 0 saturated carbocycles. The van der Waals surface area contributed by atoms with Gasteiger partial charge in [0.15, 0.2) is 11.5 Å². The van der Waals surface area contributed by atoms with Crippen LogP contribution in [0.4, 0.5) is 0 Å². The van der Waals surface area contributed by atoms with Crippen LogP contribution in [0.2, 0.25) is 0 Å². The van der Waals surface area contributed by atoms with Gasteiger partial charge in [-0.15, -0.1) is 0 Å². The van der Waals surface area contributed by atoms with E-state index in [2.05, 4.69) is 4.98 Å². The molecule has 4 nitrogen and oxygen atoms in total. The summed E-state index contributed by atoms with van der Waals surface area (Å²) in [5.41, 5.74) is 8.09. The predicted octanol–water partition coefficient (Wildman–Crippen LogP) is 2.73. The van der Waals surface area contributed by atoms with E-state index in [0.717, 1.165) is 23.5 Å². The highest BCUT2D eigenvalue weighted by molar-refractivity contribution is 5.43. The van der Waals surface area contributed by atoms with Crippen LogP contribution in [0.3, 0.4) is 0 Å². The molecule has 0 aliphatic heterocycles. The predicted molar refractivity (Wildman–Crippen MR) is 79.0 cm³/mol. The van der Waals surface area contributed by atoms with E-state index < -0.39 is 0 Å². The molecule has 0 amide bonds. The molecule has 2 N–H and O–H groups in total. The first kappa shape index (κ1) is 14.3. The van der Waals surface area contributed by atoms with E-state index in [0.29, 0.717) is 6.61 Å². The average Bonchev–Trinajstić information content (AvgIpc) is 2.48. The monoisotopic (exact) mass is 272 g/mol. The number of hydrogen-bond donors (Lipinski definition) is 1. The zero-order chi connectivity index (χ0) is 14.4. The molecule has 1 atom stereocenters. The Bertz CT molecular complexity index is 541. The van der Waals surface area contributed by atoms with Crippen molar-refractivity contribution in [3.8, 4) is 11.5 Å². The number of rotatable bonds is 6. The van der Waals surface area contributed by atoms with Crippen LogP contribution in [0.25, 0.3) is 0 Å². The number of benzene rings is 1. The van der Waals surface area contributed by atoms with Gasteiger partial charge in [-0.25, -0.2) is 0 Å². The number of nitrogens with two attached hydrogens (primary N) is 1. The van der Waals surface area contributed by atoms with Gasteiger partial charge in [0.05, 0.1) is 13.7 Å². The maximum Gasteiger partial charge on any atom is 0.161 e. The number of ether oxygens (including phenoxy) is 2. The standard InChI is InChI=1S/C16H20N2O2/c1-12(17)14-3-4-15(16(11-14)19-2)20-10-7-13-5-8-18-9-6-13/h3-6,8-9,11-12H,7,10,17H2,1-2H3/t12-/m1/s1. The maximum absolute atomic E-state index is 5.86. The van der Waals surface area contributed by atoms with Crippen LogP contribution in [-0.2, 0) is 6.42 Å².